The van der Waals surface area contributed by atoms with Crippen LogP contribution in [0.2, 0.25) is 0 Å². The van der Waals surface area contributed by atoms with Crippen LogP contribution in [0.25, 0.3) is 22.6 Å². The highest BCUT2D eigenvalue weighted by Crippen LogP contribution is 2.32. The predicted molar refractivity (Wildman–Crippen MR) is 132 cm³/mol. The molecule has 1 aromatic heterocycles. The van der Waals surface area contributed by atoms with Gasteiger partial charge in [0.25, 0.3) is 5.91 Å². The van der Waals surface area contributed by atoms with Crippen LogP contribution >= 0.6 is 12.2 Å². The fourth-order valence-electron chi connectivity index (χ4n) is 3.40. The second kappa shape index (κ2) is 9.30. The van der Waals surface area contributed by atoms with Crippen LogP contribution in [-0.2, 0) is 0 Å². The summed E-state index contributed by atoms with van der Waals surface area (Å²) in [7, 11) is 3.06. The molecule has 8 heteroatoms. The summed E-state index contributed by atoms with van der Waals surface area (Å²) < 4.78 is 16.7. The minimum Gasteiger partial charge on any atom is -0.496 e. The topological polar surface area (TPSA) is 85.6 Å². The first-order chi connectivity index (χ1) is 15.9. The van der Waals surface area contributed by atoms with Crippen molar-refractivity contribution in [2.45, 2.75) is 13.8 Å². The molecule has 168 valence electrons. The number of aromatic nitrogens is 1. The lowest BCUT2D eigenvalue weighted by molar-refractivity contribution is 0.0974. The van der Waals surface area contributed by atoms with E-state index in [1.54, 1.807) is 37.4 Å². The lowest BCUT2D eigenvalue weighted by atomic mass is 10.1. The van der Waals surface area contributed by atoms with Crippen LogP contribution in [0.4, 0.5) is 5.69 Å². The molecule has 0 radical (unpaired) electrons. The van der Waals surface area contributed by atoms with Gasteiger partial charge in [0, 0.05) is 5.56 Å². The standard InChI is InChI=1S/C25H23N3O4S/c1-14-11-18-22(12-15(14)2)32-24(26-18)16-9-10-21(31-4)19(13-16)27-25(33)28-23(29)17-7-5-6-8-20(17)30-3/h5-13H,1-4H3,(H2,27,28,29,33). The lowest BCUT2D eigenvalue weighted by Crippen LogP contribution is -2.34. The summed E-state index contributed by atoms with van der Waals surface area (Å²) >= 11 is 5.36. The summed E-state index contributed by atoms with van der Waals surface area (Å²) in [4.78, 5) is 17.3. The van der Waals surface area contributed by atoms with Crippen LogP contribution in [-0.4, -0.2) is 30.2 Å². The van der Waals surface area contributed by atoms with Gasteiger partial charge >= 0.3 is 0 Å². The maximum atomic E-state index is 12.6. The Morgan fingerprint density at radius 1 is 0.970 bits per heavy atom. The van der Waals surface area contributed by atoms with Gasteiger partial charge in [-0.3, -0.25) is 10.1 Å². The summed E-state index contributed by atoms with van der Waals surface area (Å²) in [5.74, 6) is 1.10. The number of rotatable bonds is 5. The SMILES string of the molecule is COc1ccc(-c2nc3cc(C)c(C)cc3o2)cc1NC(=S)NC(=O)c1ccccc1OC. The van der Waals surface area contributed by atoms with Gasteiger partial charge in [-0.2, -0.15) is 0 Å². The zero-order chi connectivity index (χ0) is 23.5. The van der Waals surface area contributed by atoms with Crippen molar-refractivity contribution in [1.29, 1.82) is 0 Å². The Labute approximate surface area is 196 Å². The number of carbonyl (C=O) groups excluding carboxylic acids is 1. The molecule has 0 aliphatic heterocycles. The van der Waals surface area contributed by atoms with Crippen molar-refractivity contribution in [1.82, 2.24) is 10.3 Å². The first-order valence-corrected chi connectivity index (χ1v) is 10.6. The molecular formula is C25H23N3O4S. The van der Waals surface area contributed by atoms with Crippen LogP contribution in [0.15, 0.2) is 59.0 Å². The van der Waals surface area contributed by atoms with E-state index < -0.39 is 0 Å². The Morgan fingerprint density at radius 2 is 1.70 bits per heavy atom. The number of amides is 1. The van der Waals surface area contributed by atoms with E-state index in [9.17, 15) is 4.79 Å². The number of fused-ring (bicyclic) bond motifs is 1. The summed E-state index contributed by atoms with van der Waals surface area (Å²) in [5.41, 5.74) is 5.48. The third-order valence-electron chi connectivity index (χ3n) is 5.28. The number of methoxy groups -OCH3 is 2. The van der Waals surface area contributed by atoms with E-state index in [-0.39, 0.29) is 11.0 Å². The quantitative estimate of drug-likeness (QED) is 0.392. The van der Waals surface area contributed by atoms with Crippen molar-refractivity contribution < 1.29 is 18.7 Å². The van der Waals surface area contributed by atoms with Gasteiger partial charge in [0.05, 0.1) is 25.5 Å². The van der Waals surface area contributed by atoms with Gasteiger partial charge in [0.15, 0.2) is 10.7 Å². The largest absolute Gasteiger partial charge is 0.496 e. The molecule has 1 amide bonds. The second-order valence-corrected chi connectivity index (χ2v) is 7.86. The Bertz CT molecular complexity index is 1320. The summed E-state index contributed by atoms with van der Waals surface area (Å²) in [6, 6.07) is 16.3. The molecule has 33 heavy (non-hydrogen) atoms. The number of hydrogen-bond donors (Lipinski definition) is 2. The van der Waals surface area contributed by atoms with Gasteiger partial charge < -0.3 is 19.2 Å². The molecule has 4 rings (SSSR count). The number of benzene rings is 3. The van der Waals surface area contributed by atoms with Gasteiger partial charge in [0.2, 0.25) is 5.89 Å². The highest BCUT2D eigenvalue weighted by Gasteiger charge is 2.16. The molecule has 0 unspecified atom stereocenters. The molecule has 1 heterocycles. The zero-order valence-corrected chi connectivity index (χ0v) is 19.5. The Morgan fingerprint density at radius 3 is 2.45 bits per heavy atom. The number of hydrogen-bond acceptors (Lipinski definition) is 6. The predicted octanol–water partition coefficient (Wildman–Crippen LogP) is 5.26. The van der Waals surface area contributed by atoms with Crippen LogP contribution in [0, 0.1) is 13.8 Å². The van der Waals surface area contributed by atoms with Crippen molar-refractivity contribution in [2.24, 2.45) is 0 Å². The van der Waals surface area contributed by atoms with E-state index in [2.05, 4.69) is 15.6 Å². The van der Waals surface area contributed by atoms with Gasteiger partial charge in [0.1, 0.15) is 17.0 Å². The molecule has 7 nitrogen and oxygen atoms in total. The molecule has 0 saturated carbocycles. The number of nitrogens with one attached hydrogen (secondary N) is 2. The molecule has 4 aromatic rings. The van der Waals surface area contributed by atoms with Crippen LogP contribution < -0.4 is 20.1 Å². The first kappa shape index (κ1) is 22.3. The molecule has 2 N–H and O–H groups in total. The Balaban J connectivity index is 1.58. The lowest BCUT2D eigenvalue weighted by Gasteiger charge is -2.14. The molecular weight excluding hydrogens is 438 g/mol. The molecule has 0 aliphatic rings. The maximum Gasteiger partial charge on any atom is 0.261 e. The normalized spacial score (nSPS) is 10.7. The first-order valence-electron chi connectivity index (χ1n) is 10.2. The number of para-hydroxylation sites is 1. The van der Waals surface area contributed by atoms with E-state index in [0.717, 1.165) is 27.8 Å². The smallest absolute Gasteiger partial charge is 0.261 e. The minimum absolute atomic E-state index is 0.116. The molecule has 0 bridgehead atoms. The minimum atomic E-state index is -0.384. The number of thiocarbonyl (C=S) groups is 1. The van der Waals surface area contributed by atoms with Crippen molar-refractivity contribution in [3.8, 4) is 23.0 Å². The van der Waals surface area contributed by atoms with Crippen molar-refractivity contribution in [3.63, 3.8) is 0 Å². The number of ether oxygens (including phenoxy) is 2. The molecule has 0 fully saturated rings. The average molecular weight is 462 g/mol. The number of nitrogens with zero attached hydrogens (tertiary/aromatic N) is 1. The van der Waals surface area contributed by atoms with E-state index in [4.69, 9.17) is 26.1 Å². The van der Waals surface area contributed by atoms with Crippen LogP contribution in [0.3, 0.4) is 0 Å². The van der Waals surface area contributed by atoms with Gasteiger partial charge in [-0.1, -0.05) is 12.1 Å². The number of oxazole rings is 1. The Hall–Kier alpha value is -3.91. The molecule has 3 aromatic carbocycles. The van der Waals surface area contributed by atoms with E-state index in [1.807, 2.05) is 38.1 Å². The highest BCUT2D eigenvalue weighted by molar-refractivity contribution is 7.80. The monoisotopic (exact) mass is 461 g/mol. The van der Waals surface area contributed by atoms with Crippen molar-refractivity contribution in [2.75, 3.05) is 19.5 Å². The molecule has 0 aliphatic carbocycles. The summed E-state index contributed by atoms with van der Waals surface area (Å²) in [6.07, 6.45) is 0. The molecule has 0 atom stereocenters. The number of anilines is 1. The maximum absolute atomic E-state index is 12.6. The van der Waals surface area contributed by atoms with Gasteiger partial charge in [-0.25, -0.2) is 4.98 Å². The van der Waals surface area contributed by atoms with E-state index >= 15 is 0 Å². The van der Waals surface area contributed by atoms with E-state index in [0.29, 0.717) is 28.6 Å². The van der Waals surface area contributed by atoms with Gasteiger partial charge in [-0.05, 0) is 79.7 Å². The second-order valence-electron chi connectivity index (χ2n) is 7.45. The molecule has 0 saturated heterocycles. The number of aryl methyl sites for hydroxylation is 2. The van der Waals surface area contributed by atoms with Crippen LogP contribution in [0.1, 0.15) is 21.5 Å². The Kier molecular flexibility index (Phi) is 6.28. The fraction of sp³-hybridized carbons (Fsp3) is 0.160. The fourth-order valence-corrected chi connectivity index (χ4v) is 3.60. The van der Waals surface area contributed by atoms with Gasteiger partial charge in [-0.15, -0.1) is 0 Å². The third-order valence-corrected chi connectivity index (χ3v) is 5.48. The summed E-state index contributed by atoms with van der Waals surface area (Å²) in [5, 5.41) is 5.81. The van der Waals surface area contributed by atoms with Crippen molar-refractivity contribution >= 4 is 40.0 Å². The van der Waals surface area contributed by atoms with Crippen molar-refractivity contribution in [3.05, 3.63) is 71.3 Å². The number of carbonyl (C=O) groups is 1. The molecule has 0 spiro atoms. The summed E-state index contributed by atoms with van der Waals surface area (Å²) in [6.45, 7) is 4.07. The van der Waals surface area contributed by atoms with Crippen LogP contribution in [0.5, 0.6) is 11.5 Å². The third kappa shape index (κ3) is 4.65. The van der Waals surface area contributed by atoms with E-state index in [1.165, 1.54) is 7.11 Å². The zero-order valence-electron chi connectivity index (χ0n) is 18.7. The highest BCUT2D eigenvalue weighted by atomic mass is 32.1. The average Bonchev–Trinajstić information content (AvgIpc) is 3.21.